The van der Waals surface area contributed by atoms with Gasteiger partial charge in [0.1, 0.15) is 5.75 Å². The Morgan fingerprint density at radius 1 is 1.17 bits per heavy atom. The summed E-state index contributed by atoms with van der Waals surface area (Å²) in [4.78, 5) is 11.2. The lowest BCUT2D eigenvalue weighted by Crippen LogP contribution is -2.07. The number of rotatable bonds is 6. The average molecular weight is 310 g/mol. The summed E-state index contributed by atoms with van der Waals surface area (Å²) in [5.74, 6) is 1.52. The summed E-state index contributed by atoms with van der Waals surface area (Å²) in [6, 6.07) is 14.1. The van der Waals surface area contributed by atoms with Crippen molar-refractivity contribution >= 4 is 17.3 Å². The van der Waals surface area contributed by atoms with E-state index in [1.807, 2.05) is 30.3 Å². The number of ether oxygens (including phenoxy) is 1. The SMILES string of the molecule is COc1ccc(C2CC2)c(CNc2cccc(NC(C)=O)c2)c1. The highest BCUT2D eigenvalue weighted by Crippen LogP contribution is 2.42. The van der Waals surface area contributed by atoms with Crippen LogP contribution in [-0.4, -0.2) is 13.0 Å². The zero-order valence-electron chi connectivity index (χ0n) is 13.6. The molecular weight excluding hydrogens is 288 g/mol. The van der Waals surface area contributed by atoms with Gasteiger partial charge in [0.05, 0.1) is 7.11 Å². The van der Waals surface area contributed by atoms with E-state index in [0.717, 1.165) is 23.7 Å². The highest BCUT2D eigenvalue weighted by molar-refractivity contribution is 5.89. The second-order valence-corrected chi connectivity index (χ2v) is 5.95. The maximum Gasteiger partial charge on any atom is 0.221 e. The van der Waals surface area contributed by atoms with E-state index < -0.39 is 0 Å². The molecule has 4 heteroatoms. The van der Waals surface area contributed by atoms with Crippen molar-refractivity contribution in [2.75, 3.05) is 17.7 Å². The first kappa shape index (κ1) is 15.4. The number of carbonyl (C=O) groups is 1. The molecule has 3 rings (SSSR count). The van der Waals surface area contributed by atoms with Crippen LogP contribution in [0.15, 0.2) is 42.5 Å². The molecule has 0 saturated heterocycles. The van der Waals surface area contributed by atoms with Crippen LogP contribution in [0.4, 0.5) is 11.4 Å². The van der Waals surface area contributed by atoms with Crippen molar-refractivity contribution in [2.45, 2.75) is 32.2 Å². The quantitative estimate of drug-likeness (QED) is 0.843. The van der Waals surface area contributed by atoms with Crippen LogP contribution in [0.3, 0.4) is 0 Å². The van der Waals surface area contributed by atoms with E-state index in [2.05, 4.69) is 22.8 Å². The molecule has 0 aromatic heterocycles. The molecule has 1 aliphatic carbocycles. The second kappa shape index (κ2) is 6.73. The Morgan fingerprint density at radius 3 is 2.65 bits per heavy atom. The average Bonchev–Trinajstić information content (AvgIpc) is 3.37. The van der Waals surface area contributed by atoms with E-state index in [1.165, 1.54) is 30.9 Å². The second-order valence-electron chi connectivity index (χ2n) is 5.95. The van der Waals surface area contributed by atoms with Crippen molar-refractivity contribution in [3.63, 3.8) is 0 Å². The van der Waals surface area contributed by atoms with Gasteiger partial charge in [0.15, 0.2) is 0 Å². The number of nitrogens with one attached hydrogen (secondary N) is 2. The van der Waals surface area contributed by atoms with Gasteiger partial charge in [0.2, 0.25) is 5.91 Å². The summed E-state index contributed by atoms with van der Waals surface area (Å²) in [5, 5.41) is 6.24. The summed E-state index contributed by atoms with van der Waals surface area (Å²) in [5.41, 5.74) is 4.48. The number of hydrogen-bond acceptors (Lipinski definition) is 3. The molecule has 1 aliphatic rings. The van der Waals surface area contributed by atoms with Crippen molar-refractivity contribution in [1.29, 1.82) is 0 Å². The van der Waals surface area contributed by atoms with Gasteiger partial charge in [-0.2, -0.15) is 0 Å². The summed E-state index contributed by atoms with van der Waals surface area (Å²) >= 11 is 0. The normalized spacial score (nSPS) is 13.5. The molecule has 23 heavy (non-hydrogen) atoms. The minimum Gasteiger partial charge on any atom is -0.497 e. The van der Waals surface area contributed by atoms with Crippen molar-refractivity contribution in [2.24, 2.45) is 0 Å². The molecule has 0 bridgehead atoms. The molecule has 4 nitrogen and oxygen atoms in total. The summed E-state index contributed by atoms with van der Waals surface area (Å²) < 4.78 is 5.35. The fourth-order valence-corrected chi connectivity index (χ4v) is 2.76. The van der Waals surface area contributed by atoms with Gasteiger partial charge in [0.25, 0.3) is 0 Å². The first-order chi connectivity index (χ1) is 11.2. The maximum atomic E-state index is 11.2. The van der Waals surface area contributed by atoms with Crippen LogP contribution in [0.25, 0.3) is 0 Å². The lowest BCUT2D eigenvalue weighted by Gasteiger charge is -2.13. The smallest absolute Gasteiger partial charge is 0.221 e. The minimum atomic E-state index is -0.0639. The first-order valence-corrected chi connectivity index (χ1v) is 7.94. The number of amides is 1. The van der Waals surface area contributed by atoms with Crippen LogP contribution in [-0.2, 0) is 11.3 Å². The fourth-order valence-electron chi connectivity index (χ4n) is 2.76. The Bertz CT molecular complexity index is 708. The van der Waals surface area contributed by atoms with Gasteiger partial charge < -0.3 is 15.4 Å². The minimum absolute atomic E-state index is 0.0639. The monoisotopic (exact) mass is 310 g/mol. The van der Waals surface area contributed by atoms with Crippen molar-refractivity contribution in [1.82, 2.24) is 0 Å². The van der Waals surface area contributed by atoms with Gasteiger partial charge in [-0.05, 0) is 60.2 Å². The van der Waals surface area contributed by atoms with E-state index in [9.17, 15) is 4.79 Å². The van der Waals surface area contributed by atoms with Crippen molar-refractivity contribution in [3.8, 4) is 5.75 Å². The molecule has 0 heterocycles. The predicted molar refractivity (Wildman–Crippen MR) is 93.0 cm³/mol. The Balaban J connectivity index is 1.73. The van der Waals surface area contributed by atoms with Gasteiger partial charge in [0, 0.05) is 24.8 Å². The molecule has 0 aliphatic heterocycles. The van der Waals surface area contributed by atoms with Gasteiger partial charge in [-0.15, -0.1) is 0 Å². The first-order valence-electron chi connectivity index (χ1n) is 7.94. The Labute approximate surface area is 136 Å². The fraction of sp³-hybridized carbons (Fsp3) is 0.316. The van der Waals surface area contributed by atoms with E-state index >= 15 is 0 Å². The molecule has 1 saturated carbocycles. The van der Waals surface area contributed by atoms with E-state index in [-0.39, 0.29) is 5.91 Å². The van der Waals surface area contributed by atoms with Crippen LogP contribution < -0.4 is 15.4 Å². The van der Waals surface area contributed by atoms with E-state index in [1.54, 1.807) is 7.11 Å². The van der Waals surface area contributed by atoms with Crippen LogP contribution in [0, 0.1) is 0 Å². The summed E-state index contributed by atoms with van der Waals surface area (Å²) in [7, 11) is 1.69. The van der Waals surface area contributed by atoms with Crippen LogP contribution in [0.5, 0.6) is 5.75 Å². The molecule has 2 aromatic rings. The van der Waals surface area contributed by atoms with Crippen LogP contribution in [0.2, 0.25) is 0 Å². The van der Waals surface area contributed by atoms with Crippen molar-refractivity contribution in [3.05, 3.63) is 53.6 Å². The third-order valence-electron chi connectivity index (χ3n) is 4.03. The number of benzene rings is 2. The number of methoxy groups -OCH3 is 1. The topological polar surface area (TPSA) is 50.4 Å². The number of anilines is 2. The summed E-state index contributed by atoms with van der Waals surface area (Å²) in [6.07, 6.45) is 2.55. The van der Waals surface area contributed by atoms with Gasteiger partial charge in [-0.1, -0.05) is 12.1 Å². The van der Waals surface area contributed by atoms with E-state index in [0.29, 0.717) is 5.92 Å². The molecule has 2 aromatic carbocycles. The van der Waals surface area contributed by atoms with Gasteiger partial charge in [-0.25, -0.2) is 0 Å². The lowest BCUT2D eigenvalue weighted by atomic mass is 10.0. The van der Waals surface area contributed by atoms with E-state index in [4.69, 9.17) is 4.74 Å². The molecule has 1 fully saturated rings. The molecule has 2 N–H and O–H groups in total. The molecular formula is C19H22N2O2. The third-order valence-corrected chi connectivity index (χ3v) is 4.03. The molecule has 0 atom stereocenters. The number of carbonyl (C=O) groups excluding carboxylic acids is 1. The Morgan fingerprint density at radius 2 is 1.96 bits per heavy atom. The zero-order chi connectivity index (χ0) is 16.2. The highest BCUT2D eigenvalue weighted by Gasteiger charge is 2.26. The van der Waals surface area contributed by atoms with Crippen molar-refractivity contribution < 1.29 is 9.53 Å². The Hall–Kier alpha value is -2.49. The highest BCUT2D eigenvalue weighted by atomic mass is 16.5. The maximum absolute atomic E-state index is 11.2. The largest absolute Gasteiger partial charge is 0.497 e. The van der Waals surface area contributed by atoms with Gasteiger partial charge >= 0.3 is 0 Å². The van der Waals surface area contributed by atoms with Crippen LogP contribution in [0.1, 0.15) is 36.8 Å². The van der Waals surface area contributed by atoms with Gasteiger partial charge in [-0.3, -0.25) is 4.79 Å². The Kier molecular flexibility index (Phi) is 4.51. The predicted octanol–water partition coefficient (Wildman–Crippen LogP) is 4.14. The standard InChI is InChI=1S/C19H22N2O2/c1-13(22)21-17-5-3-4-16(11-17)20-12-15-10-18(23-2)8-9-19(15)14-6-7-14/h3-5,8-11,14,20H,6-7,12H2,1-2H3,(H,21,22). The zero-order valence-corrected chi connectivity index (χ0v) is 13.6. The number of hydrogen-bond donors (Lipinski definition) is 2. The molecule has 1 amide bonds. The van der Waals surface area contributed by atoms with Crippen LogP contribution >= 0.6 is 0 Å². The summed E-state index contributed by atoms with van der Waals surface area (Å²) in [6.45, 7) is 2.25. The molecule has 0 radical (unpaired) electrons. The lowest BCUT2D eigenvalue weighted by molar-refractivity contribution is -0.114. The third kappa shape index (κ3) is 4.03. The molecule has 0 spiro atoms. The molecule has 120 valence electrons. The molecule has 0 unspecified atom stereocenters.